The average molecular weight is 279 g/mol. The molecule has 0 saturated carbocycles. The van der Waals surface area contributed by atoms with Gasteiger partial charge in [0.1, 0.15) is 11.6 Å². The van der Waals surface area contributed by atoms with Gasteiger partial charge in [0.25, 0.3) is 5.56 Å². The van der Waals surface area contributed by atoms with E-state index in [9.17, 15) is 4.79 Å². The first-order valence-electron chi connectivity index (χ1n) is 7.58. The number of hydrogen-bond acceptors (Lipinski definition) is 4. The number of ether oxygens (including phenoxy) is 1. The van der Waals surface area contributed by atoms with E-state index in [2.05, 4.69) is 21.8 Å². The minimum atomic E-state index is -0.0738. The van der Waals surface area contributed by atoms with Crippen LogP contribution in [0, 0.1) is 0 Å². The van der Waals surface area contributed by atoms with Crippen LogP contribution in [-0.2, 0) is 4.74 Å². The molecular formula is C15H25N3O2. The van der Waals surface area contributed by atoms with Crippen LogP contribution in [-0.4, -0.2) is 35.8 Å². The largest absolute Gasteiger partial charge is 0.376 e. The van der Waals surface area contributed by atoms with Crippen molar-refractivity contribution in [2.45, 2.75) is 52.1 Å². The second-order valence-corrected chi connectivity index (χ2v) is 5.72. The summed E-state index contributed by atoms with van der Waals surface area (Å²) < 4.78 is 5.84. The fraction of sp³-hybridized carbons (Fsp3) is 0.733. The van der Waals surface area contributed by atoms with Crippen LogP contribution in [0.2, 0.25) is 0 Å². The standard InChI is InChI=1S/C15H25N3O2/c1-4-8-20-12-6-5-7-18(10-12)13-9-14(19)17-15(16-13)11(2)3/h9,11-12H,4-8,10H2,1-3H3,(H,16,17,19). The van der Waals surface area contributed by atoms with Gasteiger partial charge in [-0.1, -0.05) is 20.8 Å². The Labute approximate surface area is 120 Å². The predicted octanol–water partition coefficient (Wildman–Crippen LogP) is 2.29. The number of aromatic amines is 1. The molecular weight excluding hydrogens is 254 g/mol. The van der Waals surface area contributed by atoms with Crippen molar-refractivity contribution in [3.8, 4) is 0 Å². The molecule has 20 heavy (non-hydrogen) atoms. The molecule has 1 aliphatic heterocycles. The zero-order chi connectivity index (χ0) is 14.5. The van der Waals surface area contributed by atoms with E-state index in [0.29, 0.717) is 0 Å². The summed E-state index contributed by atoms with van der Waals surface area (Å²) >= 11 is 0. The van der Waals surface area contributed by atoms with Gasteiger partial charge in [0.05, 0.1) is 6.10 Å². The Bertz CT molecular complexity index is 484. The lowest BCUT2D eigenvalue weighted by Crippen LogP contribution is -2.41. The lowest BCUT2D eigenvalue weighted by atomic mass is 10.1. The van der Waals surface area contributed by atoms with Crippen LogP contribution in [0.25, 0.3) is 0 Å². The third-order valence-electron chi connectivity index (χ3n) is 3.55. The number of H-pyrrole nitrogens is 1. The van der Waals surface area contributed by atoms with Crippen LogP contribution >= 0.6 is 0 Å². The Hall–Kier alpha value is -1.36. The maximum Gasteiger partial charge on any atom is 0.252 e. The normalized spacial score (nSPS) is 19.6. The van der Waals surface area contributed by atoms with Gasteiger partial charge in [-0.05, 0) is 19.3 Å². The van der Waals surface area contributed by atoms with Crippen molar-refractivity contribution in [3.05, 3.63) is 22.2 Å². The number of nitrogens with zero attached hydrogens (tertiary/aromatic N) is 2. The molecule has 2 rings (SSSR count). The SMILES string of the molecule is CCCOC1CCCN(c2cc(=O)[nH]c(C(C)C)n2)C1. The number of rotatable bonds is 5. The molecule has 2 heterocycles. The fourth-order valence-corrected chi connectivity index (χ4v) is 2.47. The molecule has 5 heteroatoms. The maximum absolute atomic E-state index is 11.8. The molecule has 0 aromatic carbocycles. The first-order chi connectivity index (χ1) is 9.60. The van der Waals surface area contributed by atoms with Gasteiger partial charge in [-0.3, -0.25) is 4.79 Å². The van der Waals surface area contributed by atoms with Crippen molar-refractivity contribution in [1.29, 1.82) is 0 Å². The topological polar surface area (TPSA) is 58.2 Å². The Kier molecular flexibility index (Phi) is 5.17. The van der Waals surface area contributed by atoms with Crippen LogP contribution in [0.3, 0.4) is 0 Å². The van der Waals surface area contributed by atoms with E-state index in [1.807, 2.05) is 13.8 Å². The van der Waals surface area contributed by atoms with Gasteiger partial charge in [0, 0.05) is 31.7 Å². The molecule has 112 valence electrons. The van der Waals surface area contributed by atoms with Gasteiger partial charge >= 0.3 is 0 Å². The molecule has 1 N–H and O–H groups in total. The van der Waals surface area contributed by atoms with Gasteiger partial charge in [-0.15, -0.1) is 0 Å². The Morgan fingerprint density at radius 1 is 1.55 bits per heavy atom. The molecule has 0 bridgehead atoms. The van der Waals surface area contributed by atoms with Crippen LogP contribution < -0.4 is 10.5 Å². The molecule has 5 nitrogen and oxygen atoms in total. The van der Waals surface area contributed by atoms with E-state index in [4.69, 9.17) is 4.74 Å². The van der Waals surface area contributed by atoms with Gasteiger partial charge in [-0.2, -0.15) is 0 Å². The van der Waals surface area contributed by atoms with E-state index in [1.165, 1.54) is 0 Å². The monoisotopic (exact) mass is 279 g/mol. The number of aromatic nitrogens is 2. The fourth-order valence-electron chi connectivity index (χ4n) is 2.47. The number of anilines is 1. The summed E-state index contributed by atoms with van der Waals surface area (Å²) in [4.78, 5) is 21.3. The smallest absolute Gasteiger partial charge is 0.252 e. The first-order valence-corrected chi connectivity index (χ1v) is 7.58. The summed E-state index contributed by atoms with van der Waals surface area (Å²) in [5, 5.41) is 0. The van der Waals surface area contributed by atoms with Crippen molar-refractivity contribution < 1.29 is 4.74 Å². The van der Waals surface area contributed by atoms with Crippen molar-refractivity contribution in [3.63, 3.8) is 0 Å². The van der Waals surface area contributed by atoms with E-state index >= 15 is 0 Å². The zero-order valence-corrected chi connectivity index (χ0v) is 12.7. The molecule has 0 spiro atoms. The van der Waals surface area contributed by atoms with Crippen molar-refractivity contribution in [1.82, 2.24) is 9.97 Å². The lowest BCUT2D eigenvalue weighted by Gasteiger charge is -2.33. The van der Waals surface area contributed by atoms with Crippen molar-refractivity contribution >= 4 is 5.82 Å². The van der Waals surface area contributed by atoms with Crippen LogP contribution in [0.4, 0.5) is 5.82 Å². The molecule has 1 saturated heterocycles. The molecule has 1 aromatic heterocycles. The molecule has 1 fully saturated rings. The highest BCUT2D eigenvalue weighted by molar-refractivity contribution is 5.38. The summed E-state index contributed by atoms with van der Waals surface area (Å²) in [6, 6.07) is 1.59. The van der Waals surface area contributed by atoms with Crippen LogP contribution in [0.5, 0.6) is 0 Å². The van der Waals surface area contributed by atoms with Gasteiger partial charge in [0.15, 0.2) is 0 Å². The Morgan fingerprint density at radius 2 is 2.35 bits per heavy atom. The Balaban J connectivity index is 2.12. The van der Waals surface area contributed by atoms with Gasteiger partial charge < -0.3 is 14.6 Å². The summed E-state index contributed by atoms with van der Waals surface area (Å²) in [6.45, 7) is 8.76. The molecule has 0 aliphatic carbocycles. The molecule has 1 aliphatic rings. The highest BCUT2D eigenvalue weighted by atomic mass is 16.5. The number of hydrogen-bond donors (Lipinski definition) is 1. The third kappa shape index (κ3) is 3.82. The van der Waals surface area contributed by atoms with Crippen molar-refractivity contribution in [2.24, 2.45) is 0 Å². The molecule has 0 amide bonds. The van der Waals surface area contributed by atoms with Gasteiger partial charge in [-0.25, -0.2) is 4.98 Å². The molecule has 1 unspecified atom stereocenters. The van der Waals surface area contributed by atoms with E-state index < -0.39 is 0 Å². The summed E-state index contributed by atoms with van der Waals surface area (Å²) in [7, 11) is 0. The predicted molar refractivity (Wildman–Crippen MR) is 80.4 cm³/mol. The first kappa shape index (κ1) is 15.0. The van der Waals surface area contributed by atoms with E-state index in [0.717, 1.165) is 50.6 Å². The summed E-state index contributed by atoms with van der Waals surface area (Å²) in [5.74, 6) is 1.76. The zero-order valence-electron chi connectivity index (χ0n) is 12.7. The summed E-state index contributed by atoms with van der Waals surface area (Å²) in [6.07, 6.45) is 3.47. The highest BCUT2D eigenvalue weighted by Crippen LogP contribution is 2.20. The Morgan fingerprint density at radius 3 is 3.05 bits per heavy atom. The van der Waals surface area contributed by atoms with E-state index in [1.54, 1.807) is 6.07 Å². The second kappa shape index (κ2) is 6.88. The lowest BCUT2D eigenvalue weighted by molar-refractivity contribution is 0.0439. The van der Waals surface area contributed by atoms with Crippen LogP contribution in [0.1, 0.15) is 51.8 Å². The number of piperidine rings is 1. The van der Waals surface area contributed by atoms with Crippen LogP contribution in [0.15, 0.2) is 10.9 Å². The second-order valence-electron chi connectivity index (χ2n) is 5.72. The third-order valence-corrected chi connectivity index (χ3v) is 3.55. The van der Waals surface area contributed by atoms with Crippen molar-refractivity contribution in [2.75, 3.05) is 24.6 Å². The average Bonchev–Trinajstić information content (AvgIpc) is 2.44. The maximum atomic E-state index is 11.8. The highest BCUT2D eigenvalue weighted by Gasteiger charge is 2.22. The minimum absolute atomic E-state index is 0.0738. The van der Waals surface area contributed by atoms with E-state index in [-0.39, 0.29) is 17.6 Å². The molecule has 1 aromatic rings. The summed E-state index contributed by atoms with van der Waals surface area (Å²) in [5.41, 5.74) is -0.0738. The minimum Gasteiger partial charge on any atom is -0.376 e. The molecule has 0 radical (unpaired) electrons. The van der Waals surface area contributed by atoms with Gasteiger partial charge in [0.2, 0.25) is 0 Å². The molecule has 1 atom stereocenters. The number of nitrogens with one attached hydrogen (secondary N) is 1. The quantitative estimate of drug-likeness (QED) is 0.898.